The third kappa shape index (κ3) is 2.18. The van der Waals surface area contributed by atoms with Crippen LogP contribution in [0.2, 0.25) is 0 Å². The summed E-state index contributed by atoms with van der Waals surface area (Å²) in [4.78, 5) is 10.5. The first-order valence-electron chi connectivity index (χ1n) is 6.50. The summed E-state index contributed by atoms with van der Waals surface area (Å²) in [6.07, 6.45) is 7.37. The van der Waals surface area contributed by atoms with Gasteiger partial charge in [-0.25, -0.2) is 4.98 Å². The zero-order valence-electron chi connectivity index (χ0n) is 10.5. The highest BCUT2D eigenvalue weighted by atomic mass is 32.1. The number of nitrogens with one attached hydrogen (secondary N) is 1. The number of pyridine rings is 1. The molecule has 0 bridgehead atoms. The molecule has 1 unspecified atom stereocenters. The van der Waals surface area contributed by atoms with E-state index in [0.717, 1.165) is 13.0 Å². The minimum absolute atomic E-state index is 0.194. The quantitative estimate of drug-likeness (QED) is 0.917. The maximum atomic E-state index is 4.81. The summed E-state index contributed by atoms with van der Waals surface area (Å²) in [5, 5.41) is 4.70. The topological polar surface area (TPSA) is 37.8 Å². The minimum Gasteiger partial charge on any atom is -0.304 e. The predicted molar refractivity (Wildman–Crippen MR) is 73.9 cm³/mol. The maximum Gasteiger partial charge on any atom is 0.115 e. The Kier molecular flexibility index (Phi) is 3.39. The van der Waals surface area contributed by atoms with Gasteiger partial charge in [-0.1, -0.05) is 13.0 Å². The van der Waals surface area contributed by atoms with Gasteiger partial charge in [-0.2, -0.15) is 0 Å². The van der Waals surface area contributed by atoms with E-state index in [2.05, 4.69) is 23.3 Å². The van der Waals surface area contributed by atoms with Crippen molar-refractivity contribution in [3.63, 3.8) is 0 Å². The van der Waals surface area contributed by atoms with Crippen LogP contribution >= 0.6 is 11.3 Å². The maximum absolute atomic E-state index is 4.81. The fraction of sp³-hybridized carbons (Fsp3) is 0.429. The summed E-state index contributed by atoms with van der Waals surface area (Å²) >= 11 is 1.86. The molecular weight excluding hydrogens is 242 g/mol. The van der Waals surface area contributed by atoms with Gasteiger partial charge in [0, 0.05) is 17.3 Å². The Hall–Kier alpha value is -1.26. The molecule has 4 heteroatoms. The molecule has 0 saturated carbocycles. The monoisotopic (exact) mass is 259 g/mol. The summed E-state index contributed by atoms with van der Waals surface area (Å²) in [5.74, 6) is 0. The fourth-order valence-corrected chi connectivity index (χ4v) is 3.69. The number of hydrogen-bond acceptors (Lipinski definition) is 4. The summed E-state index contributed by atoms with van der Waals surface area (Å²) in [6.45, 7) is 3.06. The Morgan fingerprint density at radius 3 is 3.11 bits per heavy atom. The minimum atomic E-state index is 0.194. The van der Waals surface area contributed by atoms with E-state index in [1.54, 1.807) is 0 Å². The zero-order valence-corrected chi connectivity index (χ0v) is 11.3. The number of hydrogen-bond donors (Lipinski definition) is 1. The fourth-order valence-electron chi connectivity index (χ4n) is 2.43. The first kappa shape index (κ1) is 11.8. The molecule has 0 fully saturated rings. The standard InChI is InChI=1S/C14H17N3S/c1-2-16-13(10-5-4-8-15-9-10)14-17-11-6-3-7-12(11)18-14/h4-5,8-9,13,16H,2-3,6-7H2,1H3. The van der Waals surface area contributed by atoms with Gasteiger partial charge in [-0.15, -0.1) is 11.3 Å². The second kappa shape index (κ2) is 5.16. The Morgan fingerprint density at radius 1 is 1.44 bits per heavy atom. The number of aryl methyl sites for hydroxylation is 2. The summed E-state index contributed by atoms with van der Waals surface area (Å²) in [7, 11) is 0. The van der Waals surface area contributed by atoms with Gasteiger partial charge in [-0.3, -0.25) is 4.98 Å². The number of nitrogens with zero attached hydrogens (tertiary/aromatic N) is 2. The molecule has 18 heavy (non-hydrogen) atoms. The Balaban J connectivity index is 1.93. The van der Waals surface area contributed by atoms with Gasteiger partial charge in [0.05, 0.1) is 11.7 Å². The highest BCUT2D eigenvalue weighted by Crippen LogP contribution is 2.32. The zero-order chi connectivity index (χ0) is 12.4. The van der Waals surface area contributed by atoms with E-state index in [-0.39, 0.29) is 6.04 Å². The molecule has 3 nitrogen and oxygen atoms in total. The van der Waals surface area contributed by atoms with Crippen molar-refractivity contribution in [1.82, 2.24) is 15.3 Å². The van der Waals surface area contributed by atoms with Crippen molar-refractivity contribution in [3.05, 3.63) is 45.7 Å². The van der Waals surface area contributed by atoms with E-state index < -0.39 is 0 Å². The summed E-state index contributed by atoms with van der Waals surface area (Å²) in [5.41, 5.74) is 2.52. The van der Waals surface area contributed by atoms with Crippen LogP contribution in [0.5, 0.6) is 0 Å². The van der Waals surface area contributed by atoms with Crippen LogP contribution in [0, 0.1) is 0 Å². The molecule has 0 saturated heterocycles. The molecule has 94 valence electrons. The smallest absolute Gasteiger partial charge is 0.115 e. The van der Waals surface area contributed by atoms with Gasteiger partial charge < -0.3 is 5.32 Å². The molecule has 0 aromatic carbocycles. The van der Waals surface area contributed by atoms with Gasteiger partial charge in [0.15, 0.2) is 0 Å². The van der Waals surface area contributed by atoms with Gasteiger partial charge in [0.2, 0.25) is 0 Å². The van der Waals surface area contributed by atoms with Gasteiger partial charge in [-0.05, 0) is 37.4 Å². The lowest BCUT2D eigenvalue weighted by Crippen LogP contribution is -2.22. The number of thiazole rings is 1. The van der Waals surface area contributed by atoms with Crippen LogP contribution < -0.4 is 5.32 Å². The molecule has 2 aromatic rings. The van der Waals surface area contributed by atoms with Crippen LogP contribution in [-0.4, -0.2) is 16.5 Å². The molecule has 0 aliphatic heterocycles. The first-order chi connectivity index (χ1) is 8.88. The average Bonchev–Trinajstić information content (AvgIpc) is 2.97. The number of fused-ring (bicyclic) bond motifs is 1. The average molecular weight is 259 g/mol. The van der Waals surface area contributed by atoms with Crippen LogP contribution in [0.15, 0.2) is 24.5 Å². The van der Waals surface area contributed by atoms with E-state index in [1.807, 2.05) is 29.8 Å². The molecule has 1 N–H and O–H groups in total. The summed E-state index contributed by atoms with van der Waals surface area (Å²) < 4.78 is 0. The van der Waals surface area contributed by atoms with Gasteiger partial charge in [0.1, 0.15) is 5.01 Å². The Labute approximate surface area is 111 Å². The molecule has 0 radical (unpaired) electrons. The molecule has 2 heterocycles. The normalized spacial score (nSPS) is 15.6. The van der Waals surface area contributed by atoms with Crippen molar-refractivity contribution in [1.29, 1.82) is 0 Å². The second-order valence-corrected chi connectivity index (χ2v) is 5.67. The van der Waals surface area contributed by atoms with E-state index in [0.29, 0.717) is 0 Å². The second-order valence-electron chi connectivity index (χ2n) is 4.55. The molecule has 0 spiro atoms. The van der Waals surface area contributed by atoms with Crippen LogP contribution in [0.3, 0.4) is 0 Å². The van der Waals surface area contributed by atoms with Gasteiger partial charge in [0.25, 0.3) is 0 Å². The highest BCUT2D eigenvalue weighted by molar-refractivity contribution is 7.11. The third-order valence-electron chi connectivity index (χ3n) is 3.29. The molecule has 0 amide bonds. The lowest BCUT2D eigenvalue weighted by molar-refractivity contribution is 0.623. The molecule has 3 rings (SSSR count). The molecular formula is C14H17N3S. The first-order valence-corrected chi connectivity index (χ1v) is 7.32. The molecule has 1 atom stereocenters. The third-order valence-corrected chi connectivity index (χ3v) is 4.51. The van der Waals surface area contributed by atoms with Crippen LogP contribution in [-0.2, 0) is 12.8 Å². The number of rotatable bonds is 4. The highest BCUT2D eigenvalue weighted by Gasteiger charge is 2.22. The summed E-state index contributed by atoms with van der Waals surface area (Å²) in [6, 6.07) is 4.30. The van der Waals surface area contributed by atoms with E-state index in [4.69, 9.17) is 4.98 Å². The Bertz CT molecular complexity index is 500. The molecule has 2 aromatic heterocycles. The van der Waals surface area contributed by atoms with Crippen molar-refractivity contribution < 1.29 is 0 Å². The SMILES string of the molecule is CCNC(c1cccnc1)c1nc2c(s1)CCC2. The van der Waals surface area contributed by atoms with E-state index >= 15 is 0 Å². The van der Waals surface area contributed by atoms with Crippen molar-refractivity contribution in [2.24, 2.45) is 0 Å². The van der Waals surface area contributed by atoms with E-state index in [9.17, 15) is 0 Å². The van der Waals surface area contributed by atoms with Crippen molar-refractivity contribution in [2.75, 3.05) is 6.54 Å². The van der Waals surface area contributed by atoms with Crippen molar-refractivity contribution in [2.45, 2.75) is 32.2 Å². The van der Waals surface area contributed by atoms with Crippen molar-refractivity contribution in [3.8, 4) is 0 Å². The Morgan fingerprint density at radius 2 is 2.39 bits per heavy atom. The largest absolute Gasteiger partial charge is 0.304 e. The van der Waals surface area contributed by atoms with Gasteiger partial charge >= 0.3 is 0 Å². The predicted octanol–water partition coefficient (Wildman–Crippen LogP) is 2.73. The van der Waals surface area contributed by atoms with Crippen LogP contribution in [0.1, 0.15) is 40.5 Å². The van der Waals surface area contributed by atoms with Crippen LogP contribution in [0.25, 0.3) is 0 Å². The van der Waals surface area contributed by atoms with E-state index in [1.165, 1.54) is 34.0 Å². The lowest BCUT2D eigenvalue weighted by Gasteiger charge is -2.15. The van der Waals surface area contributed by atoms with Crippen molar-refractivity contribution >= 4 is 11.3 Å². The molecule has 1 aliphatic carbocycles. The molecule has 1 aliphatic rings. The number of aromatic nitrogens is 2. The van der Waals surface area contributed by atoms with Crippen LogP contribution in [0.4, 0.5) is 0 Å². The lowest BCUT2D eigenvalue weighted by atomic mass is 10.1.